The Balaban J connectivity index is 2.13. The van der Waals surface area contributed by atoms with E-state index in [4.69, 9.17) is 10.8 Å². The van der Waals surface area contributed by atoms with Gasteiger partial charge in [-0.3, -0.25) is 4.79 Å². The van der Waals surface area contributed by atoms with Crippen molar-refractivity contribution in [3.8, 4) is 0 Å². The topological polar surface area (TPSA) is 80.4 Å². The maximum absolute atomic E-state index is 13.6. The lowest BCUT2D eigenvalue weighted by molar-refractivity contribution is -0.138. The summed E-state index contributed by atoms with van der Waals surface area (Å²) >= 11 is 0. The molecule has 0 aliphatic rings. The van der Waals surface area contributed by atoms with E-state index in [1.165, 1.54) is 0 Å². The minimum Gasteiger partial charge on any atom is -0.480 e. The van der Waals surface area contributed by atoms with Gasteiger partial charge in [0, 0.05) is 16.8 Å². The molecule has 0 saturated heterocycles. The molecule has 23 heavy (non-hydrogen) atoms. The molecule has 0 aliphatic heterocycles. The molecular weight excluding hydrogens is 309 g/mol. The highest BCUT2D eigenvalue weighted by Gasteiger charge is 2.26. The van der Waals surface area contributed by atoms with E-state index < -0.39 is 19.2 Å². The van der Waals surface area contributed by atoms with E-state index in [2.05, 4.69) is 0 Å². The zero-order chi connectivity index (χ0) is 16.7. The highest BCUT2D eigenvalue weighted by molar-refractivity contribution is 7.78. The standard InChI is InChI=1S/C18H22NO3P/c19-17(18(20)21)13-7-8-14-23(22,15-9-3-1-4-10-15)16-11-5-2-6-12-16/h1-6,9-12,17H,7-8,13-14,19H2,(H,20,21)/t17-/m1/s1. The van der Waals surface area contributed by atoms with Crippen LogP contribution < -0.4 is 16.3 Å². The molecule has 0 radical (unpaired) electrons. The predicted molar refractivity (Wildman–Crippen MR) is 94.1 cm³/mol. The largest absolute Gasteiger partial charge is 0.480 e. The molecule has 2 aromatic rings. The summed E-state index contributed by atoms with van der Waals surface area (Å²) in [5.74, 6) is -0.987. The molecular formula is C18H22NO3P. The fraction of sp³-hybridized carbons (Fsp3) is 0.278. The first-order valence-electron chi connectivity index (χ1n) is 7.73. The van der Waals surface area contributed by atoms with Crippen molar-refractivity contribution in [2.75, 3.05) is 6.16 Å². The Hall–Kier alpha value is -1.90. The molecule has 0 aromatic heterocycles. The highest BCUT2D eigenvalue weighted by atomic mass is 31.2. The number of carboxylic acid groups (broad SMARTS) is 1. The molecule has 0 fully saturated rings. The molecule has 5 heteroatoms. The van der Waals surface area contributed by atoms with Crippen molar-refractivity contribution < 1.29 is 14.5 Å². The number of aliphatic carboxylic acids is 1. The number of unbranched alkanes of at least 4 members (excludes halogenated alkanes) is 1. The monoisotopic (exact) mass is 331 g/mol. The van der Waals surface area contributed by atoms with Crippen molar-refractivity contribution in [1.82, 2.24) is 0 Å². The van der Waals surface area contributed by atoms with Gasteiger partial charge in [0.25, 0.3) is 0 Å². The van der Waals surface area contributed by atoms with Crippen LogP contribution in [0.1, 0.15) is 19.3 Å². The summed E-state index contributed by atoms with van der Waals surface area (Å²) in [6.07, 6.45) is 2.26. The van der Waals surface area contributed by atoms with Gasteiger partial charge in [-0.15, -0.1) is 0 Å². The molecule has 4 nitrogen and oxygen atoms in total. The molecule has 122 valence electrons. The molecule has 0 saturated carbocycles. The number of rotatable bonds is 8. The molecule has 0 unspecified atom stereocenters. The zero-order valence-corrected chi connectivity index (χ0v) is 13.9. The first kappa shape index (κ1) is 17.5. The Morgan fingerprint density at radius 1 is 0.957 bits per heavy atom. The Kier molecular flexibility index (Phi) is 6.14. The lowest BCUT2D eigenvalue weighted by atomic mass is 10.1. The third-order valence-corrected chi connectivity index (χ3v) is 7.11. The Labute approximate surface area is 136 Å². The normalized spacial score (nSPS) is 12.7. The van der Waals surface area contributed by atoms with E-state index in [9.17, 15) is 9.36 Å². The summed E-state index contributed by atoms with van der Waals surface area (Å²) in [6, 6.07) is 18.1. The van der Waals surface area contributed by atoms with Crippen LogP contribution in [-0.4, -0.2) is 23.3 Å². The molecule has 0 spiro atoms. The van der Waals surface area contributed by atoms with Crippen molar-refractivity contribution in [2.24, 2.45) is 5.73 Å². The van der Waals surface area contributed by atoms with Gasteiger partial charge >= 0.3 is 5.97 Å². The van der Waals surface area contributed by atoms with Crippen molar-refractivity contribution in [3.05, 3.63) is 60.7 Å². The van der Waals surface area contributed by atoms with Crippen LogP contribution in [0.4, 0.5) is 0 Å². The number of benzene rings is 2. The van der Waals surface area contributed by atoms with Gasteiger partial charge in [0.2, 0.25) is 0 Å². The van der Waals surface area contributed by atoms with Crippen LogP contribution >= 0.6 is 7.14 Å². The lowest BCUT2D eigenvalue weighted by Crippen LogP contribution is -2.29. The number of hydrogen-bond acceptors (Lipinski definition) is 3. The average molecular weight is 331 g/mol. The number of carbonyl (C=O) groups is 1. The highest BCUT2D eigenvalue weighted by Crippen LogP contribution is 2.44. The van der Waals surface area contributed by atoms with Crippen LogP contribution in [0.3, 0.4) is 0 Å². The average Bonchev–Trinajstić information content (AvgIpc) is 2.59. The van der Waals surface area contributed by atoms with Gasteiger partial charge in [0.1, 0.15) is 13.2 Å². The number of nitrogens with two attached hydrogens (primary N) is 1. The summed E-state index contributed by atoms with van der Waals surface area (Å²) < 4.78 is 13.6. The second-order valence-electron chi connectivity index (χ2n) is 5.57. The summed E-state index contributed by atoms with van der Waals surface area (Å²) in [7, 11) is -2.70. The quantitative estimate of drug-likeness (QED) is 0.575. The SMILES string of the molecule is N[C@H](CCCCP(=O)(c1ccccc1)c1ccccc1)C(=O)O. The summed E-state index contributed by atoms with van der Waals surface area (Å²) in [4.78, 5) is 10.8. The van der Waals surface area contributed by atoms with Crippen LogP contribution in [0.2, 0.25) is 0 Å². The van der Waals surface area contributed by atoms with Gasteiger partial charge in [-0.05, 0) is 12.8 Å². The second kappa shape index (κ2) is 8.09. The minimum atomic E-state index is -2.70. The lowest BCUT2D eigenvalue weighted by Gasteiger charge is -2.19. The first-order chi connectivity index (χ1) is 11.0. The van der Waals surface area contributed by atoms with E-state index in [1.54, 1.807) is 0 Å². The number of hydrogen-bond donors (Lipinski definition) is 2. The fourth-order valence-electron chi connectivity index (χ4n) is 2.57. The van der Waals surface area contributed by atoms with Crippen molar-refractivity contribution in [3.63, 3.8) is 0 Å². The van der Waals surface area contributed by atoms with E-state index >= 15 is 0 Å². The van der Waals surface area contributed by atoms with E-state index in [1.807, 2.05) is 60.7 Å². The molecule has 2 rings (SSSR count). The van der Waals surface area contributed by atoms with Crippen LogP contribution in [0.15, 0.2) is 60.7 Å². The maximum Gasteiger partial charge on any atom is 0.320 e. The van der Waals surface area contributed by atoms with Crippen LogP contribution in [0, 0.1) is 0 Å². The van der Waals surface area contributed by atoms with Gasteiger partial charge < -0.3 is 15.4 Å². The van der Waals surface area contributed by atoms with Gasteiger partial charge in [0.15, 0.2) is 0 Å². The van der Waals surface area contributed by atoms with Crippen LogP contribution in [0.25, 0.3) is 0 Å². The zero-order valence-electron chi connectivity index (χ0n) is 13.0. The summed E-state index contributed by atoms with van der Waals surface area (Å²) in [5.41, 5.74) is 5.52. The Morgan fingerprint density at radius 2 is 1.43 bits per heavy atom. The third-order valence-electron chi connectivity index (χ3n) is 3.90. The fourth-order valence-corrected chi connectivity index (χ4v) is 5.36. The first-order valence-corrected chi connectivity index (χ1v) is 9.62. The van der Waals surface area contributed by atoms with Crippen LogP contribution in [-0.2, 0) is 9.36 Å². The molecule has 0 heterocycles. The van der Waals surface area contributed by atoms with Gasteiger partial charge in [0.05, 0.1) is 0 Å². The smallest absolute Gasteiger partial charge is 0.320 e. The molecule has 0 amide bonds. The molecule has 0 aliphatic carbocycles. The van der Waals surface area contributed by atoms with Crippen molar-refractivity contribution in [2.45, 2.75) is 25.3 Å². The van der Waals surface area contributed by atoms with Crippen molar-refractivity contribution >= 4 is 23.7 Å². The van der Waals surface area contributed by atoms with E-state index in [-0.39, 0.29) is 0 Å². The molecule has 3 N–H and O–H groups in total. The molecule has 0 bridgehead atoms. The number of carboxylic acids is 1. The third kappa shape index (κ3) is 4.54. The minimum absolute atomic E-state index is 0.402. The van der Waals surface area contributed by atoms with Crippen LogP contribution in [0.5, 0.6) is 0 Å². The van der Waals surface area contributed by atoms with Gasteiger partial charge in [-0.2, -0.15) is 0 Å². The predicted octanol–water partition coefficient (Wildman–Crippen LogP) is 2.58. The van der Waals surface area contributed by atoms with Gasteiger partial charge in [-0.1, -0.05) is 67.1 Å². The summed E-state index contributed by atoms with van der Waals surface area (Å²) in [5, 5.41) is 10.5. The maximum atomic E-state index is 13.6. The van der Waals surface area contributed by atoms with E-state index in [0.717, 1.165) is 10.6 Å². The Bertz CT molecular complexity index is 630. The summed E-state index contributed by atoms with van der Waals surface area (Å²) in [6.45, 7) is 0. The molecule has 1 atom stereocenters. The molecule has 2 aromatic carbocycles. The second-order valence-corrected chi connectivity index (χ2v) is 8.53. The van der Waals surface area contributed by atoms with Gasteiger partial charge in [-0.25, -0.2) is 0 Å². The van der Waals surface area contributed by atoms with E-state index in [0.29, 0.717) is 25.4 Å². The Morgan fingerprint density at radius 3 is 1.87 bits per heavy atom. The van der Waals surface area contributed by atoms with Crippen molar-refractivity contribution in [1.29, 1.82) is 0 Å².